The van der Waals surface area contributed by atoms with Gasteiger partial charge in [-0.05, 0) is 54.7 Å². The third-order valence-electron chi connectivity index (χ3n) is 4.36. The van der Waals surface area contributed by atoms with E-state index in [2.05, 4.69) is 13.5 Å². The molecule has 29 heavy (non-hydrogen) atoms. The maximum atomic E-state index is 12.1. The zero-order valence-electron chi connectivity index (χ0n) is 16.9. The van der Waals surface area contributed by atoms with Crippen LogP contribution in [0.2, 0.25) is 0 Å². The van der Waals surface area contributed by atoms with Crippen molar-refractivity contribution in [1.29, 1.82) is 0 Å². The lowest BCUT2D eigenvalue weighted by Gasteiger charge is -2.08. The largest absolute Gasteiger partial charge is 0.457 e. The number of unbranched alkanes of at least 4 members (excludes halogenated alkanes) is 2. The molecule has 0 bridgehead atoms. The van der Waals surface area contributed by atoms with Crippen LogP contribution in [0.4, 0.5) is 0 Å². The molecular formula is C24H28O5. The van der Waals surface area contributed by atoms with Crippen LogP contribution in [-0.2, 0) is 27.2 Å². The first kappa shape index (κ1) is 22.2. The molecule has 0 saturated heterocycles. The molecular weight excluding hydrogens is 368 g/mol. The summed E-state index contributed by atoms with van der Waals surface area (Å²) in [6.45, 7) is 5.32. The van der Waals surface area contributed by atoms with E-state index in [9.17, 15) is 9.59 Å². The Morgan fingerprint density at radius 1 is 0.897 bits per heavy atom. The van der Waals surface area contributed by atoms with Crippen molar-refractivity contribution in [3.63, 3.8) is 0 Å². The molecule has 5 nitrogen and oxygen atoms in total. The lowest BCUT2D eigenvalue weighted by atomic mass is 10.1. The number of aryl methyl sites for hydroxylation is 2. The standard InChI is InChI=1S/C24H28O5/c1-3-5-6-7-19-10-15-22(16-11-19)29-24(26)17-12-20-8-13-21(14-9-20)27-18-28-23(25)4-2/h4,8-11,13-16H,2-3,5-7,12,17-18H2,1H3. The molecule has 0 aromatic heterocycles. The van der Waals surface area contributed by atoms with Crippen LogP contribution in [0.1, 0.15) is 43.7 Å². The lowest BCUT2D eigenvalue weighted by Crippen LogP contribution is -2.09. The highest BCUT2D eigenvalue weighted by molar-refractivity contribution is 5.81. The number of esters is 2. The molecule has 2 aromatic rings. The monoisotopic (exact) mass is 396 g/mol. The van der Waals surface area contributed by atoms with Crippen molar-refractivity contribution in [3.8, 4) is 11.5 Å². The maximum Gasteiger partial charge on any atom is 0.333 e. The Balaban J connectivity index is 1.71. The second-order valence-corrected chi connectivity index (χ2v) is 6.65. The summed E-state index contributed by atoms with van der Waals surface area (Å²) in [6, 6.07) is 15.0. The summed E-state index contributed by atoms with van der Waals surface area (Å²) in [6.07, 6.45) is 6.60. The molecule has 0 aliphatic heterocycles. The second kappa shape index (κ2) is 12.4. The number of benzene rings is 2. The van der Waals surface area contributed by atoms with Gasteiger partial charge in [-0.25, -0.2) is 4.79 Å². The highest BCUT2D eigenvalue weighted by Gasteiger charge is 2.06. The molecule has 0 amide bonds. The van der Waals surface area contributed by atoms with Gasteiger partial charge in [-0.1, -0.05) is 50.6 Å². The summed E-state index contributed by atoms with van der Waals surface area (Å²) >= 11 is 0. The van der Waals surface area contributed by atoms with E-state index in [0.29, 0.717) is 17.9 Å². The first-order chi connectivity index (χ1) is 14.1. The number of ether oxygens (including phenoxy) is 3. The van der Waals surface area contributed by atoms with Crippen LogP contribution in [0.5, 0.6) is 11.5 Å². The molecule has 5 heteroatoms. The van der Waals surface area contributed by atoms with Crippen LogP contribution >= 0.6 is 0 Å². The first-order valence-electron chi connectivity index (χ1n) is 9.91. The molecule has 0 atom stereocenters. The van der Waals surface area contributed by atoms with Gasteiger partial charge in [0.05, 0.1) is 0 Å². The number of carbonyl (C=O) groups excluding carboxylic acids is 2. The summed E-state index contributed by atoms with van der Waals surface area (Å²) in [7, 11) is 0. The van der Waals surface area contributed by atoms with Gasteiger partial charge in [0.25, 0.3) is 0 Å². The Kier molecular flexibility index (Phi) is 9.49. The highest BCUT2D eigenvalue weighted by atomic mass is 16.7. The molecule has 0 spiro atoms. The van der Waals surface area contributed by atoms with Gasteiger partial charge in [0.15, 0.2) is 0 Å². The normalized spacial score (nSPS) is 10.2. The molecule has 0 unspecified atom stereocenters. The van der Waals surface area contributed by atoms with Gasteiger partial charge >= 0.3 is 11.9 Å². The molecule has 2 aromatic carbocycles. The van der Waals surface area contributed by atoms with Crippen LogP contribution in [0.3, 0.4) is 0 Å². The minimum absolute atomic E-state index is 0.173. The molecule has 0 aliphatic carbocycles. The van der Waals surface area contributed by atoms with E-state index in [-0.39, 0.29) is 19.2 Å². The summed E-state index contributed by atoms with van der Waals surface area (Å²) in [5, 5.41) is 0. The van der Waals surface area contributed by atoms with Crippen molar-refractivity contribution in [2.45, 2.75) is 45.4 Å². The summed E-state index contributed by atoms with van der Waals surface area (Å²) in [5.74, 6) is 0.353. The number of rotatable bonds is 12. The fourth-order valence-electron chi connectivity index (χ4n) is 2.70. The third kappa shape index (κ3) is 8.64. The van der Waals surface area contributed by atoms with Crippen LogP contribution < -0.4 is 9.47 Å². The Morgan fingerprint density at radius 2 is 1.52 bits per heavy atom. The fourth-order valence-corrected chi connectivity index (χ4v) is 2.70. The Bertz CT molecular complexity index is 778. The Labute approximate surface area is 172 Å². The van der Waals surface area contributed by atoms with Gasteiger partial charge in [0, 0.05) is 12.5 Å². The van der Waals surface area contributed by atoms with Crippen molar-refractivity contribution in [3.05, 3.63) is 72.3 Å². The molecule has 0 heterocycles. The minimum Gasteiger partial charge on any atom is -0.457 e. The fraction of sp³-hybridized carbons (Fsp3) is 0.333. The van der Waals surface area contributed by atoms with E-state index in [1.165, 1.54) is 24.8 Å². The molecule has 0 aliphatic rings. The molecule has 0 saturated carbocycles. The predicted molar refractivity (Wildman–Crippen MR) is 112 cm³/mol. The zero-order valence-corrected chi connectivity index (χ0v) is 16.9. The van der Waals surface area contributed by atoms with Gasteiger partial charge in [-0.15, -0.1) is 0 Å². The summed E-state index contributed by atoms with van der Waals surface area (Å²) < 4.78 is 15.5. The van der Waals surface area contributed by atoms with Crippen molar-refractivity contribution in [1.82, 2.24) is 0 Å². The van der Waals surface area contributed by atoms with E-state index >= 15 is 0 Å². The van der Waals surface area contributed by atoms with E-state index < -0.39 is 5.97 Å². The van der Waals surface area contributed by atoms with Gasteiger partial charge in [0.2, 0.25) is 6.79 Å². The topological polar surface area (TPSA) is 61.8 Å². The Hall–Kier alpha value is -3.08. The molecule has 0 fully saturated rings. The van der Waals surface area contributed by atoms with Crippen LogP contribution in [-0.4, -0.2) is 18.7 Å². The van der Waals surface area contributed by atoms with Gasteiger partial charge in [-0.3, -0.25) is 4.79 Å². The molecule has 2 rings (SSSR count). The van der Waals surface area contributed by atoms with Gasteiger partial charge < -0.3 is 14.2 Å². The quantitative estimate of drug-likeness (QED) is 0.166. The Morgan fingerprint density at radius 3 is 2.14 bits per heavy atom. The second-order valence-electron chi connectivity index (χ2n) is 6.65. The SMILES string of the molecule is C=CC(=O)OCOc1ccc(CCC(=O)Oc2ccc(CCCCC)cc2)cc1. The van der Waals surface area contributed by atoms with Crippen molar-refractivity contribution >= 4 is 11.9 Å². The van der Waals surface area contributed by atoms with Crippen LogP contribution in [0, 0.1) is 0 Å². The summed E-state index contributed by atoms with van der Waals surface area (Å²) in [5.41, 5.74) is 2.25. The first-order valence-corrected chi connectivity index (χ1v) is 9.91. The van der Waals surface area contributed by atoms with Crippen molar-refractivity contribution in [2.75, 3.05) is 6.79 Å². The van der Waals surface area contributed by atoms with Crippen LogP contribution in [0.15, 0.2) is 61.2 Å². The van der Waals surface area contributed by atoms with Crippen molar-refractivity contribution < 1.29 is 23.8 Å². The summed E-state index contributed by atoms with van der Waals surface area (Å²) in [4.78, 5) is 23.0. The van der Waals surface area contributed by atoms with Gasteiger partial charge in [-0.2, -0.15) is 0 Å². The maximum absolute atomic E-state index is 12.1. The third-order valence-corrected chi connectivity index (χ3v) is 4.36. The number of carbonyl (C=O) groups is 2. The molecule has 154 valence electrons. The lowest BCUT2D eigenvalue weighted by molar-refractivity contribution is -0.144. The van der Waals surface area contributed by atoms with Crippen molar-refractivity contribution in [2.24, 2.45) is 0 Å². The minimum atomic E-state index is -0.536. The van der Waals surface area contributed by atoms with E-state index in [0.717, 1.165) is 18.1 Å². The molecule has 0 N–H and O–H groups in total. The average molecular weight is 396 g/mol. The average Bonchev–Trinajstić information content (AvgIpc) is 2.74. The number of hydrogen-bond donors (Lipinski definition) is 0. The van der Waals surface area contributed by atoms with E-state index in [4.69, 9.17) is 14.2 Å². The smallest absolute Gasteiger partial charge is 0.333 e. The zero-order chi connectivity index (χ0) is 20.9. The van der Waals surface area contributed by atoms with E-state index in [1.54, 1.807) is 12.1 Å². The highest BCUT2D eigenvalue weighted by Crippen LogP contribution is 2.17. The number of hydrogen-bond acceptors (Lipinski definition) is 5. The van der Waals surface area contributed by atoms with E-state index in [1.807, 2.05) is 36.4 Å². The predicted octanol–water partition coefficient (Wildman–Crippen LogP) is 5.02. The van der Waals surface area contributed by atoms with Gasteiger partial charge in [0.1, 0.15) is 11.5 Å². The molecule has 0 radical (unpaired) electrons. The van der Waals surface area contributed by atoms with Crippen LogP contribution in [0.25, 0.3) is 0 Å².